The maximum atomic E-state index is 12.3. The van der Waals surface area contributed by atoms with Crippen LogP contribution in [0, 0.1) is 18.8 Å². The summed E-state index contributed by atoms with van der Waals surface area (Å²) in [7, 11) is 0. The van der Waals surface area contributed by atoms with E-state index in [-0.39, 0.29) is 5.91 Å². The molecule has 1 aliphatic heterocycles. The summed E-state index contributed by atoms with van der Waals surface area (Å²) in [6.07, 6.45) is 5.36. The Hall–Kier alpha value is -1.90. The molecule has 3 aliphatic rings. The second-order valence-corrected chi connectivity index (χ2v) is 6.84. The minimum atomic E-state index is 0.0367. The molecule has 5 rings (SSSR count). The third-order valence-corrected chi connectivity index (χ3v) is 5.32. The summed E-state index contributed by atoms with van der Waals surface area (Å²) < 4.78 is 0. The Morgan fingerprint density at radius 1 is 1.19 bits per heavy atom. The summed E-state index contributed by atoms with van der Waals surface area (Å²) in [5.41, 5.74) is 5.27. The normalized spacial score (nSPS) is 20.4. The van der Waals surface area contributed by atoms with Gasteiger partial charge in [-0.3, -0.25) is 9.78 Å². The molecule has 2 aliphatic carbocycles. The number of anilines is 1. The number of hydrogen-bond acceptors (Lipinski definition) is 2. The van der Waals surface area contributed by atoms with Crippen molar-refractivity contribution in [3.63, 3.8) is 0 Å². The molecule has 0 saturated heterocycles. The van der Waals surface area contributed by atoms with Gasteiger partial charge in [-0.1, -0.05) is 6.07 Å². The summed E-state index contributed by atoms with van der Waals surface area (Å²) in [5.74, 6) is 2.28. The Labute approximate surface area is 123 Å². The van der Waals surface area contributed by atoms with Crippen molar-refractivity contribution in [1.29, 1.82) is 0 Å². The van der Waals surface area contributed by atoms with Gasteiger partial charge in [-0.05, 0) is 62.5 Å². The highest BCUT2D eigenvalue weighted by Crippen LogP contribution is 2.57. The van der Waals surface area contributed by atoms with Crippen LogP contribution < -0.4 is 5.32 Å². The molecule has 0 radical (unpaired) electrons. The van der Waals surface area contributed by atoms with Crippen LogP contribution >= 0.6 is 0 Å². The molecule has 21 heavy (non-hydrogen) atoms. The van der Waals surface area contributed by atoms with Gasteiger partial charge in [0.1, 0.15) is 0 Å². The topological polar surface area (TPSA) is 42.0 Å². The fraction of sp³-hybridized carbons (Fsp3) is 0.444. The number of rotatable bonds is 3. The van der Waals surface area contributed by atoms with E-state index in [2.05, 4.69) is 12.2 Å². The Morgan fingerprint density at radius 3 is 2.57 bits per heavy atom. The molecule has 106 valence electrons. The number of aromatic nitrogens is 1. The van der Waals surface area contributed by atoms with Crippen LogP contribution in [0.3, 0.4) is 0 Å². The molecule has 2 fully saturated rings. The van der Waals surface area contributed by atoms with Crippen molar-refractivity contribution in [3.8, 4) is 0 Å². The highest BCUT2D eigenvalue weighted by molar-refractivity contribution is 6.24. The molecule has 3 nitrogen and oxygen atoms in total. The number of carbonyl (C=O) groups excluding carboxylic acids is 1. The van der Waals surface area contributed by atoms with E-state index in [0.717, 1.165) is 39.7 Å². The summed E-state index contributed by atoms with van der Waals surface area (Å²) in [5, 5.41) is 4.20. The molecule has 1 aromatic heterocycles. The minimum Gasteiger partial charge on any atom is -0.321 e. The second kappa shape index (κ2) is 3.85. The van der Waals surface area contributed by atoms with Crippen LogP contribution in [-0.2, 0) is 0 Å². The van der Waals surface area contributed by atoms with Gasteiger partial charge >= 0.3 is 0 Å². The zero-order valence-corrected chi connectivity index (χ0v) is 12.1. The monoisotopic (exact) mass is 278 g/mol. The van der Waals surface area contributed by atoms with E-state index in [1.165, 1.54) is 31.2 Å². The molecule has 0 unspecified atom stereocenters. The Balaban J connectivity index is 1.81. The van der Waals surface area contributed by atoms with E-state index >= 15 is 0 Å². The maximum Gasteiger partial charge on any atom is 0.256 e. The summed E-state index contributed by atoms with van der Waals surface area (Å²) in [4.78, 5) is 17.1. The molecular weight excluding hydrogens is 260 g/mol. The average molecular weight is 278 g/mol. The molecule has 0 atom stereocenters. The van der Waals surface area contributed by atoms with Gasteiger partial charge in [0, 0.05) is 16.6 Å². The lowest BCUT2D eigenvalue weighted by atomic mass is 9.86. The Kier molecular flexibility index (Phi) is 2.15. The summed E-state index contributed by atoms with van der Waals surface area (Å²) >= 11 is 0. The highest BCUT2D eigenvalue weighted by Gasteiger charge is 2.45. The average Bonchev–Trinajstić information content (AvgIpc) is 3.36. The fourth-order valence-electron chi connectivity index (χ4n) is 4.13. The van der Waals surface area contributed by atoms with E-state index < -0.39 is 0 Å². The fourth-order valence-corrected chi connectivity index (χ4v) is 4.13. The van der Waals surface area contributed by atoms with Crippen molar-refractivity contribution in [2.75, 3.05) is 5.32 Å². The molecule has 1 amide bonds. The lowest BCUT2D eigenvalue weighted by molar-refractivity contribution is 0.103. The molecule has 2 saturated carbocycles. The largest absolute Gasteiger partial charge is 0.321 e. The molecular formula is C18H18N2O. The van der Waals surface area contributed by atoms with Gasteiger partial charge in [0.25, 0.3) is 5.91 Å². The van der Waals surface area contributed by atoms with Crippen molar-refractivity contribution >= 4 is 22.5 Å². The number of carbonyl (C=O) groups is 1. The van der Waals surface area contributed by atoms with Gasteiger partial charge < -0.3 is 5.32 Å². The van der Waals surface area contributed by atoms with E-state index in [1.54, 1.807) is 0 Å². The third-order valence-electron chi connectivity index (χ3n) is 5.32. The van der Waals surface area contributed by atoms with Gasteiger partial charge in [0.15, 0.2) is 0 Å². The SMILES string of the molecule is Cc1nc2cccc3c2c(c1C(C1CC1)C1CC1)NC3=O. The van der Waals surface area contributed by atoms with Crippen molar-refractivity contribution in [1.82, 2.24) is 4.98 Å². The first-order valence-electron chi connectivity index (χ1n) is 7.98. The van der Waals surface area contributed by atoms with Crippen molar-refractivity contribution in [3.05, 3.63) is 35.0 Å². The lowest BCUT2D eigenvalue weighted by Crippen LogP contribution is -2.12. The molecule has 0 spiro atoms. The first-order valence-corrected chi connectivity index (χ1v) is 7.98. The van der Waals surface area contributed by atoms with Gasteiger partial charge in [0.2, 0.25) is 0 Å². The zero-order chi connectivity index (χ0) is 14.1. The first-order chi connectivity index (χ1) is 10.2. The molecule has 1 N–H and O–H groups in total. The van der Waals surface area contributed by atoms with Crippen LogP contribution in [0.15, 0.2) is 18.2 Å². The molecule has 1 aromatic carbocycles. The summed E-state index contributed by atoms with van der Waals surface area (Å²) in [6.45, 7) is 2.11. The Morgan fingerprint density at radius 2 is 1.90 bits per heavy atom. The van der Waals surface area contributed by atoms with Gasteiger partial charge in [-0.15, -0.1) is 0 Å². The van der Waals surface area contributed by atoms with E-state index in [0.29, 0.717) is 5.92 Å². The van der Waals surface area contributed by atoms with Crippen LogP contribution in [-0.4, -0.2) is 10.9 Å². The maximum absolute atomic E-state index is 12.3. The molecule has 2 aromatic rings. The Bertz CT molecular complexity index is 775. The van der Waals surface area contributed by atoms with Crippen molar-refractivity contribution in [2.45, 2.75) is 38.5 Å². The first kappa shape index (κ1) is 11.7. The predicted octanol–water partition coefficient (Wildman–Crippen LogP) is 4.01. The van der Waals surface area contributed by atoms with Gasteiger partial charge in [-0.2, -0.15) is 0 Å². The number of nitrogens with one attached hydrogen (secondary N) is 1. The lowest BCUT2D eigenvalue weighted by Gasteiger charge is -2.21. The van der Waals surface area contributed by atoms with Crippen molar-refractivity contribution < 1.29 is 4.79 Å². The van der Waals surface area contributed by atoms with E-state index in [1.807, 2.05) is 18.2 Å². The number of benzene rings is 1. The van der Waals surface area contributed by atoms with Crippen LogP contribution in [0.5, 0.6) is 0 Å². The predicted molar refractivity (Wildman–Crippen MR) is 82.6 cm³/mol. The molecule has 3 heteroatoms. The van der Waals surface area contributed by atoms with Gasteiger partial charge in [-0.25, -0.2) is 0 Å². The molecule has 0 bridgehead atoms. The number of aryl methyl sites for hydroxylation is 1. The number of pyridine rings is 1. The smallest absolute Gasteiger partial charge is 0.256 e. The quantitative estimate of drug-likeness (QED) is 0.921. The van der Waals surface area contributed by atoms with Crippen LogP contribution in [0.4, 0.5) is 5.69 Å². The number of nitrogens with zero attached hydrogens (tertiary/aromatic N) is 1. The van der Waals surface area contributed by atoms with Crippen LogP contribution in [0.25, 0.3) is 10.9 Å². The van der Waals surface area contributed by atoms with Gasteiger partial charge in [0.05, 0.1) is 16.8 Å². The summed E-state index contributed by atoms with van der Waals surface area (Å²) in [6, 6.07) is 5.86. The molecule has 2 heterocycles. The minimum absolute atomic E-state index is 0.0367. The van der Waals surface area contributed by atoms with Crippen LogP contribution in [0.1, 0.15) is 53.2 Å². The number of amides is 1. The van der Waals surface area contributed by atoms with Crippen LogP contribution in [0.2, 0.25) is 0 Å². The third kappa shape index (κ3) is 1.60. The number of hydrogen-bond donors (Lipinski definition) is 1. The second-order valence-electron chi connectivity index (χ2n) is 6.84. The highest BCUT2D eigenvalue weighted by atomic mass is 16.1. The van der Waals surface area contributed by atoms with E-state index in [9.17, 15) is 4.79 Å². The van der Waals surface area contributed by atoms with Crippen molar-refractivity contribution in [2.24, 2.45) is 11.8 Å². The van der Waals surface area contributed by atoms with E-state index in [4.69, 9.17) is 4.98 Å². The zero-order valence-electron chi connectivity index (χ0n) is 12.1. The standard InChI is InChI=1S/C18H18N2O/c1-9-14(15(10-5-6-10)11-7-8-11)17-16-12(18(21)20-17)3-2-4-13(16)19-9/h2-4,10-11,15H,5-8H2,1H3,(H,20,21).